The topological polar surface area (TPSA) is 235 Å². The van der Waals surface area contributed by atoms with E-state index < -0.39 is 84.9 Å². The third-order valence-electron chi connectivity index (χ3n) is 12.9. The van der Waals surface area contributed by atoms with Crippen molar-refractivity contribution in [2.45, 2.75) is 152 Å². The van der Waals surface area contributed by atoms with E-state index in [0.717, 1.165) is 49.7 Å². The third kappa shape index (κ3) is 10.0. The van der Waals surface area contributed by atoms with Crippen molar-refractivity contribution in [1.29, 1.82) is 0 Å². The van der Waals surface area contributed by atoms with Crippen molar-refractivity contribution >= 4 is 23.9 Å². The van der Waals surface area contributed by atoms with E-state index in [1.807, 2.05) is 24.3 Å². The molecule has 5 aliphatic rings. The number of hydrogen-bond acceptors (Lipinski definition) is 15. The fourth-order valence-corrected chi connectivity index (χ4v) is 9.59. The number of fused-ring (bicyclic) bond motifs is 4. The number of unbranched alkanes of at least 4 members (excludes halogenated alkanes) is 4. The molecule has 2 amide bonds. The zero-order valence-electron chi connectivity index (χ0n) is 36.0. The number of hydroxylamine groups is 2. The second kappa shape index (κ2) is 21.0. The van der Waals surface area contributed by atoms with Gasteiger partial charge in [-0.25, -0.2) is 0 Å². The molecule has 4 aliphatic heterocycles. The van der Waals surface area contributed by atoms with Crippen molar-refractivity contribution in [3.63, 3.8) is 0 Å². The maximum Gasteiger partial charge on any atom is 0.327 e. The quantitative estimate of drug-likeness (QED) is 0.0702. The number of aliphatic hydroxyl groups excluding tert-OH is 5. The van der Waals surface area contributed by atoms with Crippen molar-refractivity contribution in [2.24, 2.45) is 5.41 Å². The minimum Gasteiger partial charge on any atom is -0.458 e. The molecule has 7 N–H and O–H groups in total. The zero-order chi connectivity index (χ0) is 44.7. The number of nitrogens with one attached hydrogen (secondary N) is 2. The highest BCUT2D eigenvalue weighted by Gasteiger charge is 2.76. The third-order valence-corrected chi connectivity index (χ3v) is 12.9. The molecule has 0 unspecified atom stereocenters. The van der Waals surface area contributed by atoms with Crippen LogP contribution in [0.3, 0.4) is 0 Å². The van der Waals surface area contributed by atoms with E-state index in [9.17, 15) is 34.8 Å². The number of ether oxygens (including phenoxy) is 5. The summed E-state index contributed by atoms with van der Waals surface area (Å²) in [4.78, 5) is 48.6. The SMILES string of the molecule is CCCCCC1(CCCCC)O[C@@H]2[C@H](O1)[C@H]1ON(Cc3ccc(C=CCO[C@H]4O[C@H](CO)[C@H](O)[C@H](O)[C@H]4O)cc3)[C@@H]3C(=O)O[C@@H]2C[C@]13C(=O)NCc1cccc(C(=O)NCCO)c1. The minimum atomic E-state index is -1.54. The molecule has 5 fully saturated rings. The van der Waals surface area contributed by atoms with Gasteiger partial charge in [0.15, 0.2) is 18.1 Å². The molecule has 1 saturated carbocycles. The van der Waals surface area contributed by atoms with Gasteiger partial charge in [-0.3, -0.25) is 19.2 Å². The van der Waals surface area contributed by atoms with E-state index >= 15 is 0 Å². The molecule has 2 aromatic rings. The van der Waals surface area contributed by atoms with Crippen LogP contribution in [0.25, 0.3) is 6.08 Å². The summed E-state index contributed by atoms with van der Waals surface area (Å²) in [6.45, 7) is 3.87. The summed E-state index contributed by atoms with van der Waals surface area (Å²) in [5, 5.41) is 56.2. The molecule has 0 radical (unpaired) electrons. The van der Waals surface area contributed by atoms with Gasteiger partial charge in [0, 0.05) is 37.9 Å². The summed E-state index contributed by atoms with van der Waals surface area (Å²) in [5.74, 6) is -2.23. The monoisotopic (exact) mass is 881 g/mol. The van der Waals surface area contributed by atoms with E-state index in [2.05, 4.69) is 24.5 Å². The van der Waals surface area contributed by atoms with Gasteiger partial charge in [-0.2, -0.15) is 5.06 Å². The van der Waals surface area contributed by atoms with Gasteiger partial charge in [0.2, 0.25) is 5.91 Å². The highest BCUT2D eigenvalue weighted by molar-refractivity contribution is 5.95. The Morgan fingerprint density at radius 2 is 1.63 bits per heavy atom. The first-order valence-electron chi connectivity index (χ1n) is 22.4. The molecule has 17 heteroatoms. The highest BCUT2D eigenvalue weighted by atomic mass is 16.8. The number of esters is 1. The van der Waals surface area contributed by atoms with Crippen molar-refractivity contribution in [1.82, 2.24) is 15.7 Å². The van der Waals surface area contributed by atoms with E-state index in [4.69, 9.17) is 33.6 Å². The number of hydrogen-bond donors (Lipinski definition) is 7. The number of carbonyl (C=O) groups excluding carboxylic acids is 3. The largest absolute Gasteiger partial charge is 0.458 e. The van der Waals surface area contributed by atoms with Crippen LogP contribution in [0.2, 0.25) is 0 Å². The molecule has 2 bridgehead atoms. The van der Waals surface area contributed by atoms with E-state index in [0.29, 0.717) is 24.0 Å². The lowest BCUT2D eigenvalue weighted by Gasteiger charge is -2.48. The van der Waals surface area contributed by atoms with Gasteiger partial charge in [0.1, 0.15) is 54.2 Å². The van der Waals surface area contributed by atoms with Crippen molar-refractivity contribution in [3.05, 3.63) is 76.9 Å². The Labute approximate surface area is 367 Å². The predicted octanol–water partition coefficient (Wildman–Crippen LogP) is 2.00. The van der Waals surface area contributed by atoms with Gasteiger partial charge in [-0.15, -0.1) is 0 Å². The molecule has 17 nitrogen and oxygen atoms in total. The Bertz CT molecular complexity index is 1890. The summed E-state index contributed by atoms with van der Waals surface area (Å²) < 4.78 is 31.0. The molecule has 4 saturated heterocycles. The highest BCUT2D eigenvalue weighted by Crippen LogP contribution is 2.58. The Morgan fingerprint density at radius 3 is 2.33 bits per heavy atom. The lowest BCUT2D eigenvalue weighted by Crippen LogP contribution is -2.69. The van der Waals surface area contributed by atoms with Crippen molar-refractivity contribution in [2.75, 3.05) is 26.4 Å². The second-order valence-corrected chi connectivity index (χ2v) is 17.3. The van der Waals surface area contributed by atoms with Crippen LogP contribution < -0.4 is 10.6 Å². The van der Waals surface area contributed by atoms with E-state index in [1.54, 1.807) is 41.5 Å². The lowest BCUT2D eigenvalue weighted by molar-refractivity contribution is -0.298. The summed E-state index contributed by atoms with van der Waals surface area (Å²) >= 11 is 0. The molecular formula is C46H63N3O14. The minimum absolute atomic E-state index is 0.000213. The molecule has 4 heterocycles. The first-order valence-corrected chi connectivity index (χ1v) is 22.4. The Balaban J connectivity index is 1.10. The summed E-state index contributed by atoms with van der Waals surface area (Å²) in [7, 11) is 0. The zero-order valence-corrected chi connectivity index (χ0v) is 36.0. The molecule has 0 aromatic heterocycles. The smallest absolute Gasteiger partial charge is 0.327 e. The average Bonchev–Trinajstić information content (AvgIpc) is 3.85. The van der Waals surface area contributed by atoms with Crippen LogP contribution in [0, 0.1) is 5.41 Å². The maximum atomic E-state index is 14.9. The summed E-state index contributed by atoms with van der Waals surface area (Å²) in [6.07, 6.45) is 1.04. The van der Waals surface area contributed by atoms with Crippen LogP contribution in [-0.4, -0.2) is 142 Å². The van der Waals surface area contributed by atoms with Gasteiger partial charge in [-0.1, -0.05) is 88.1 Å². The van der Waals surface area contributed by atoms with Crippen LogP contribution in [-0.2, 0) is 51.2 Å². The number of rotatable bonds is 21. The van der Waals surface area contributed by atoms with Gasteiger partial charge in [-0.05, 0) is 41.7 Å². The van der Waals surface area contributed by atoms with Crippen LogP contribution in [0.4, 0.5) is 0 Å². The van der Waals surface area contributed by atoms with E-state index in [1.165, 1.54) is 0 Å². The number of amides is 2. The normalized spacial score (nSPS) is 32.1. The van der Waals surface area contributed by atoms with Gasteiger partial charge in [0.25, 0.3) is 5.91 Å². The van der Waals surface area contributed by atoms with Crippen LogP contribution >= 0.6 is 0 Å². The fourth-order valence-electron chi connectivity index (χ4n) is 9.59. The van der Waals surface area contributed by atoms with Crippen LogP contribution in [0.15, 0.2) is 54.6 Å². The predicted molar refractivity (Wildman–Crippen MR) is 225 cm³/mol. The van der Waals surface area contributed by atoms with Crippen molar-refractivity contribution in [3.8, 4) is 0 Å². The van der Waals surface area contributed by atoms with Gasteiger partial charge >= 0.3 is 5.97 Å². The Kier molecular flexibility index (Phi) is 15.7. The van der Waals surface area contributed by atoms with Crippen LogP contribution in [0.5, 0.6) is 0 Å². The average molecular weight is 882 g/mol. The Hall–Kier alpha value is -3.85. The number of aliphatic hydroxyl groups is 5. The molecule has 7 rings (SSSR count). The second-order valence-electron chi connectivity index (χ2n) is 17.3. The van der Waals surface area contributed by atoms with Gasteiger partial charge < -0.3 is 59.9 Å². The molecule has 11 atom stereocenters. The molecule has 0 spiro atoms. The number of nitrogens with zero attached hydrogens (tertiary/aromatic N) is 1. The van der Waals surface area contributed by atoms with Gasteiger partial charge in [0.05, 0.1) is 26.4 Å². The molecule has 2 aromatic carbocycles. The molecular weight excluding hydrogens is 819 g/mol. The van der Waals surface area contributed by atoms with Crippen LogP contribution in [0.1, 0.15) is 98.7 Å². The number of carbonyl (C=O) groups is 3. The maximum absolute atomic E-state index is 14.9. The molecule has 346 valence electrons. The fraction of sp³-hybridized carbons (Fsp3) is 0.630. The molecule has 63 heavy (non-hydrogen) atoms. The van der Waals surface area contributed by atoms with Crippen molar-refractivity contribution < 1.29 is 68.4 Å². The number of benzene rings is 2. The summed E-state index contributed by atoms with van der Waals surface area (Å²) in [5.41, 5.74) is 1.25. The Morgan fingerprint density at radius 1 is 0.905 bits per heavy atom. The first-order chi connectivity index (χ1) is 30.5. The van der Waals surface area contributed by atoms with E-state index in [-0.39, 0.29) is 51.1 Å². The lowest BCUT2D eigenvalue weighted by atomic mass is 9.62. The first kappa shape index (κ1) is 47.1. The summed E-state index contributed by atoms with van der Waals surface area (Å²) in [6, 6.07) is 13.2. The standard InChI is InChI=1S/C46H63N3O14/c1-3-5-7-18-45(19-8-6-4-2)61-37-32-24-46(44(57)48-25-30-11-9-13-31(23-30)41(55)47-20-21-50)39(42(56)59-32)49(63-40(46)38(37)62-45)26-29-16-14-28(15-17-29)12-10-22-58-43-36(54)35(53)34(52)33(27-51)60-43/h9-17,23,32-40,43,50-54H,3-8,18-22,24-27H2,1-2H3,(H,47,55)(H,48,57)/t32-,33-,34+,35+,36-,37+,38+,39-,40-,43+,46-/m1/s1. The molecule has 1 aliphatic carbocycles.